The van der Waals surface area contributed by atoms with Crippen LogP contribution < -0.4 is 19.9 Å². The Bertz CT molecular complexity index is 3420. The standard InChI is InChI=1S/C35H40F2N8O4.C13H20N2O3.C12H12N2OS.C2H6/c1-22(46)40-9-11-41(12-10-40)33-20-38-32-17-24(3-8-44(32)33)26-19-31-30(18-27(26)34(36)37)43(13-16-49-31)35-28-21-42(23(2)47)7-4-29(28)45(39-35)25-5-14-48-15-6-25;1-8(2)12(11-6-9(3)14-18-11)13(17)15-5-4-10(16)7-15;1-9-12(16-8-14-9)11-4-2-10(3-5-11)6-13-7-15;1-2/h3,8,17-20,25,34H,4-7,9-16,21H2,1-2H3;6,8,10,12,16H,4-5,7H2,1-3H3;2-5,7-8H,6H2,1H3,(H,13,15);1-2H3. The van der Waals surface area contributed by atoms with Gasteiger partial charge in [-0.15, -0.1) is 11.3 Å². The highest BCUT2D eigenvalue weighted by Gasteiger charge is 2.37. The number of likely N-dealkylation sites (tertiary alicyclic amines) is 1. The van der Waals surface area contributed by atoms with Crippen LogP contribution in [0.4, 0.5) is 26.1 Å². The van der Waals surface area contributed by atoms with Gasteiger partial charge in [0, 0.05) is 115 Å². The van der Waals surface area contributed by atoms with Crippen molar-refractivity contribution in [1.82, 2.24) is 49.3 Å². The van der Waals surface area contributed by atoms with Crippen molar-refractivity contribution in [3.8, 4) is 27.3 Å². The van der Waals surface area contributed by atoms with Crippen LogP contribution in [-0.2, 0) is 43.4 Å². The minimum absolute atomic E-state index is 0.000424. The molecule has 0 radical (unpaired) electrons. The Kier molecular flexibility index (Phi) is 20.3. The zero-order chi connectivity index (χ0) is 60.5. The van der Waals surface area contributed by atoms with Gasteiger partial charge in [0.15, 0.2) is 5.82 Å². The first-order chi connectivity index (χ1) is 41.1. The molecular formula is C62H78F2N12O8S. The molecule has 2 N–H and O–H groups in total. The quantitative estimate of drug-likeness (QED) is 0.109. The highest BCUT2D eigenvalue weighted by Crippen LogP contribution is 2.46. The van der Waals surface area contributed by atoms with Crippen molar-refractivity contribution in [2.45, 2.75) is 119 Å². The molecule has 23 heteroatoms. The number of fused-ring (bicyclic) bond motifs is 3. The molecule has 5 aromatic heterocycles. The number of β-amino-alcohol motifs (C(OH)–C–C–N with tert-alkyl or cyclic N) is 1. The number of ether oxygens (including phenoxy) is 2. The maximum Gasteiger partial charge on any atom is 0.264 e. The second-order valence-electron chi connectivity index (χ2n) is 22.0. The molecule has 4 amide bonds. The summed E-state index contributed by atoms with van der Waals surface area (Å²) in [6.07, 6.45) is 4.27. The van der Waals surface area contributed by atoms with Crippen molar-refractivity contribution < 1.29 is 47.1 Å². The number of hydrogen-bond donors (Lipinski definition) is 2. The Morgan fingerprint density at radius 3 is 2.22 bits per heavy atom. The SMILES string of the molecule is CC.CC(=O)N1CCN(c2cnc3cc(-c4cc5c(cc4C(F)F)N(c4nn(C6CCOCC6)c6c4CN(C(C)=O)CC6)CCO5)ccn23)CC1.Cc1cc(C(C(=O)N2CCC(O)C2)C(C)C)on1.Cc1ncsc1-c1ccc(CNC=O)cc1. The highest BCUT2D eigenvalue weighted by atomic mass is 32.1. The lowest BCUT2D eigenvalue weighted by atomic mass is 9.91. The number of rotatable bonds is 12. The van der Waals surface area contributed by atoms with Crippen LogP contribution in [0.15, 0.2) is 77.0 Å². The Morgan fingerprint density at radius 1 is 0.859 bits per heavy atom. The number of benzene rings is 2. The van der Waals surface area contributed by atoms with Crippen LogP contribution in [0.25, 0.3) is 27.2 Å². The van der Waals surface area contributed by atoms with Crippen molar-refractivity contribution in [3.05, 3.63) is 112 Å². The summed E-state index contributed by atoms with van der Waals surface area (Å²) in [6.45, 7) is 22.4. The summed E-state index contributed by atoms with van der Waals surface area (Å²) in [5.41, 5.74) is 10.1. The number of aliphatic hydroxyl groups excluding tert-OH is 1. The van der Waals surface area contributed by atoms with Gasteiger partial charge in [-0.25, -0.2) is 18.7 Å². The Morgan fingerprint density at radius 2 is 1.60 bits per heavy atom. The number of carbonyl (C=O) groups is 4. The average Bonchev–Trinajstić information content (AvgIpc) is 2.42. The molecule has 85 heavy (non-hydrogen) atoms. The monoisotopic (exact) mass is 1190 g/mol. The topological polar surface area (TPSA) is 209 Å². The number of nitrogens with one attached hydrogen (secondary N) is 1. The summed E-state index contributed by atoms with van der Waals surface area (Å²) in [7, 11) is 0. The lowest BCUT2D eigenvalue weighted by molar-refractivity contribution is -0.134. The molecule has 7 aromatic rings. The lowest BCUT2D eigenvalue weighted by Crippen LogP contribution is -2.48. The number of aryl methyl sites for hydroxylation is 2. The first-order valence-electron chi connectivity index (χ1n) is 29.4. The van der Waals surface area contributed by atoms with E-state index in [2.05, 4.69) is 42.2 Å². The molecule has 454 valence electrons. The number of imidazole rings is 1. The number of thiazole rings is 1. The van der Waals surface area contributed by atoms with Gasteiger partial charge in [-0.2, -0.15) is 5.10 Å². The van der Waals surface area contributed by atoms with Gasteiger partial charge in [0.25, 0.3) is 6.43 Å². The van der Waals surface area contributed by atoms with E-state index in [9.17, 15) is 33.1 Å². The first kappa shape index (κ1) is 61.8. The van der Waals surface area contributed by atoms with Gasteiger partial charge in [0.2, 0.25) is 24.1 Å². The molecule has 0 spiro atoms. The fourth-order valence-corrected chi connectivity index (χ4v) is 12.4. The minimum Gasteiger partial charge on any atom is -0.490 e. The van der Waals surface area contributed by atoms with Crippen molar-refractivity contribution in [3.63, 3.8) is 0 Å². The molecule has 2 aromatic carbocycles. The predicted molar refractivity (Wildman–Crippen MR) is 321 cm³/mol. The fourth-order valence-electron chi connectivity index (χ4n) is 11.6. The van der Waals surface area contributed by atoms with Crippen LogP contribution >= 0.6 is 11.3 Å². The molecular weight excluding hydrogens is 1110 g/mol. The molecule has 12 rings (SSSR count). The van der Waals surface area contributed by atoms with Gasteiger partial charge in [-0.3, -0.25) is 28.3 Å². The molecule has 0 aliphatic carbocycles. The summed E-state index contributed by atoms with van der Waals surface area (Å²) >= 11 is 1.64. The zero-order valence-corrected chi connectivity index (χ0v) is 50.6. The van der Waals surface area contributed by atoms with Crippen molar-refractivity contribution in [2.75, 3.05) is 82.0 Å². The maximum atomic E-state index is 14.9. The molecule has 2 atom stereocenters. The number of pyridine rings is 1. The van der Waals surface area contributed by atoms with Gasteiger partial charge in [-0.1, -0.05) is 57.1 Å². The molecule has 3 fully saturated rings. The summed E-state index contributed by atoms with van der Waals surface area (Å²) < 4.78 is 50.9. The number of nitrogens with zero attached hydrogens (tertiary/aromatic N) is 11. The van der Waals surface area contributed by atoms with Crippen LogP contribution in [0, 0.1) is 19.8 Å². The fraction of sp³-hybridized carbons (Fsp3) is 0.484. The number of aliphatic hydroxyl groups is 1. The molecule has 5 aliphatic rings. The lowest BCUT2D eigenvalue weighted by Gasteiger charge is -2.35. The largest absolute Gasteiger partial charge is 0.490 e. The van der Waals surface area contributed by atoms with E-state index in [4.69, 9.17) is 19.1 Å². The number of hydrogen-bond acceptors (Lipinski definition) is 15. The van der Waals surface area contributed by atoms with E-state index in [1.165, 1.54) is 16.5 Å². The van der Waals surface area contributed by atoms with Crippen molar-refractivity contribution in [2.24, 2.45) is 5.92 Å². The van der Waals surface area contributed by atoms with Gasteiger partial charge in [0.05, 0.1) is 58.9 Å². The summed E-state index contributed by atoms with van der Waals surface area (Å²) in [4.78, 5) is 66.4. The summed E-state index contributed by atoms with van der Waals surface area (Å²) in [5, 5.41) is 21.1. The van der Waals surface area contributed by atoms with E-state index in [0.717, 1.165) is 46.9 Å². The van der Waals surface area contributed by atoms with Crippen LogP contribution in [0.2, 0.25) is 0 Å². The van der Waals surface area contributed by atoms with Crippen molar-refractivity contribution >= 4 is 58.4 Å². The van der Waals surface area contributed by atoms with E-state index >= 15 is 0 Å². The predicted octanol–water partition coefficient (Wildman–Crippen LogP) is 9.30. The molecule has 10 heterocycles. The molecule has 5 aliphatic heterocycles. The van der Waals surface area contributed by atoms with Gasteiger partial charge >= 0.3 is 0 Å². The zero-order valence-electron chi connectivity index (χ0n) is 49.8. The Labute approximate surface area is 498 Å². The van der Waals surface area contributed by atoms with E-state index in [0.29, 0.717) is 144 Å². The maximum absolute atomic E-state index is 14.9. The molecule has 0 bridgehead atoms. The number of carbonyl (C=O) groups excluding carboxylic acids is 4. The second-order valence-corrected chi connectivity index (χ2v) is 22.8. The second kappa shape index (κ2) is 28.0. The number of aromatic nitrogens is 6. The third-order valence-corrected chi connectivity index (χ3v) is 17.1. The van der Waals surface area contributed by atoms with Crippen molar-refractivity contribution in [1.29, 1.82) is 0 Å². The molecule has 0 saturated carbocycles. The number of halogens is 2. The smallest absolute Gasteiger partial charge is 0.264 e. The number of amides is 4. The summed E-state index contributed by atoms with van der Waals surface area (Å²) in [5.74, 6) is 2.64. The Balaban J connectivity index is 0.000000195. The van der Waals surface area contributed by atoms with E-state index in [-0.39, 0.29) is 41.2 Å². The van der Waals surface area contributed by atoms with Crippen LogP contribution in [0.1, 0.15) is 119 Å². The normalized spacial score (nSPS) is 17.2. The molecule has 2 unspecified atom stereocenters. The molecule has 20 nitrogen and oxygen atoms in total. The van der Waals surface area contributed by atoms with Gasteiger partial charge < -0.3 is 48.9 Å². The third kappa shape index (κ3) is 14.0. The van der Waals surface area contributed by atoms with Gasteiger partial charge in [-0.05, 0) is 85.5 Å². The average molecular weight is 1190 g/mol. The van der Waals surface area contributed by atoms with Crippen LogP contribution in [0.3, 0.4) is 0 Å². The molecule has 3 saturated heterocycles. The van der Waals surface area contributed by atoms with E-state index in [1.807, 2.05) is 103 Å². The number of anilines is 3. The van der Waals surface area contributed by atoms with Crippen LogP contribution in [-0.4, -0.2) is 152 Å². The number of alkyl halides is 2. The van der Waals surface area contributed by atoms with Gasteiger partial charge in [0.1, 0.15) is 35.5 Å². The minimum atomic E-state index is -2.74. The van der Waals surface area contributed by atoms with E-state index < -0.39 is 12.5 Å². The third-order valence-electron chi connectivity index (χ3n) is 16.1. The van der Waals surface area contributed by atoms with Crippen LogP contribution in [0.5, 0.6) is 5.75 Å². The van der Waals surface area contributed by atoms with E-state index in [1.54, 1.807) is 42.3 Å². The highest BCUT2D eigenvalue weighted by molar-refractivity contribution is 7.13. The Hall–Kier alpha value is -7.76. The first-order valence-corrected chi connectivity index (χ1v) is 30.3. The summed E-state index contributed by atoms with van der Waals surface area (Å²) in [6, 6.07) is 17.1. The number of piperazine rings is 1.